The summed E-state index contributed by atoms with van der Waals surface area (Å²) in [6, 6.07) is 3.40. The molecule has 0 saturated carbocycles. The molecule has 1 aromatic rings. The highest BCUT2D eigenvalue weighted by atomic mass is 32.2. The minimum atomic E-state index is -3.88. The Hall–Kier alpha value is -1.60. The van der Waals surface area contributed by atoms with Crippen LogP contribution in [0.4, 0.5) is 0 Å². The summed E-state index contributed by atoms with van der Waals surface area (Å²) in [5, 5.41) is 8.99. The normalized spacial score (nSPS) is 13.8. The van der Waals surface area contributed by atoms with Crippen LogP contribution in [0.2, 0.25) is 0 Å². The number of carboxylic acids is 1. The Morgan fingerprint density at radius 2 is 1.90 bits per heavy atom. The van der Waals surface area contributed by atoms with Crippen molar-refractivity contribution >= 4 is 16.0 Å². The number of ether oxygens (including phenoxy) is 1. The average molecular weight is 315 g/mol. The Morgan fingerprint density at radius 3 is 2.33 bits per heavy atom. The molecular formula is C14H21NO5S. The highest BCUT2D eigenvalue weighted by molar-refractivity contribution is 7.89. The number of carbonyl (C=O) groups is 1. The van der Waals surface area contributed by atoms with Gasteiger partial charge in [0.1, 0.15) is 10.6 Å². The van der Waals surface area contributed by atoms with Crippen LogP contribution >= 0.6 is 0 Å². The molecule has 0 aliphatic heterocycles. The van der Waals surface area contributed by atoms with Crippen molar-refractivity contribution in [2.24, 2.45) is 5.41 Å². The molecule has 2 N–H and O–H groups in total. The van der Waals surface area contributed by atoms with E-state index < -0.39 is 16.0 Å². The summed E-state index contributed by atoms with van der Waals surface area (Å²) < 4.78 is 32.5. The van der Waals surface area contributed by atoms with Crippen LogP contribution in [0.25, 0.3) is 0 Å². The summed E-state index contributed by atoms with van der Waals surface area (Å²) in [4.78, 5) is 10.8. The molecule has 0 fully saturated rings. The number of carboxylic acid groups (broad SMARTS) is 1. The van der Waals surface area contributed by atoms with Crippen LogP contribution in [0.1, 0.15) is 38.1 Å². The molecule has 0 aliphatic rings. The number of methoxy groups -OCH3 is 1. The number of benzene rings is 1. The lowest BCUT2D eigenvalue weighted by molar-refractivity contribution is 0.0696. The van der Waals surface area contributed by atoms with Crippen LogP contribution in [0, 0.1) is 5.41 Å². The second-order valence-electron chi connectivity index (χ2n) is 5.88. The highest BCUT2D eigenvalue weighted by Gasteiger charge is 2.28. The van der Waals surface area contributed by atoms with Crippen LogP contribution in [-0.4, -0.2) is 32.6 Å². The molecular weight excluding hydrogens is 294 g/mol. The fraction of sp³-hybridized carbons (Fsp3) is 0.500. The number of sulfonamides is 1. The van der Waals surface area contributed by atoms with E-state index in [1.54, 1.807) is 6.92 Å². The SMILES string of the molecule is COc1ccc(C(=O)O)cc1S(=O)(=O)NC(C)C(C)(C)C. The van der Waals surface area contributed by atoms with Crippen molar-refractivity contribution in [1.29, 1.82) is 0 Å². The lowest BCUT2D eigenvalue weighted by Crippen LogP contribution is -2.41. The third-order valence-corrected chi connectivity index (χ3v) is 4.89. The summed E-state index contributed by atoms with van der Waals surface area (Å²) in [6.07, 6.45) is 0. The Balaban J connectivity index is 3.30. The van der Waals surface area contributed by atoms with Crippen molar-refractivity contribution in [3.05, 3.63) is 23.8 Å². The number of hydrogen-bond acceptors (Lipinski definition) is 4. The largest absolute Gasteiger partial charge is 0.495 e. The van der Waals surface area contributed by atoms with Gasteiger partial charge in [-0.15, -0.1) is 0 Å². The van der Waals surface area contributed by atoms with Crippen LogP contribution in [0.15, 0.2) is 23.1 Å². The molecule has 1 rings (SSSR count). The van der Waals surface area contributed by atoms with Crippen molar-refractivity contribution in [3.8, 4) is 5.75 Å². The number of aromatic carboxylic acids is 1. The van der Waals surface area contributed by atoms with E-state index in [2.05, 4.69) is 4.72 Å². The number of hydrogen-bond donors (Lipinski definition) is 2. The van der Waals surface area contributed by atoms with Crippen LogP contribution in [0.5, 0.6) is 5.75 Å². The van der Waals surface area contributed by atoms with Gasteiger partial charge in [0.05, 0.1) is 12.7 Å². The predicted octanol–water partition coefficient (Wildman–Crippen LogP) is 2.11. The van der Waals surface area contributed by atoms with Crippen molar-refractivity contribution in [1.82, 2.24) is 4.72 Å². The number of rotatable bonds is 5. The second-order valence-corrected chi connectivity index (χ2v) is 7.56. The zero-order valence-electron chi connectivity index (χ0n) is 12.8. The Morgan fingerprint density at radius 1 is 1.33 bits per heavy atom. The van der Waals surface area contributed by atoms with E-state index >= 15 is 0 Å². The molecule has 0 aliphatic carbocycles. The minimum Gasteiger partial charge on any atom is -0.495 e. The smallest absolute Gasteiger partial charge is 0.335 e. The van der Waals surface area contributed by atoms with Crippen LogP contribution in [-0.2, 0) is 10.0 Å². The first-order valence-electron chi connectivity index (χ1n) is 6.42. The quantitative estimate of drug-likeness (QED) is 0.868. The number of nitrogens with one attached hydrogen (secondary N) is 1. The van der Waals surface area contributed by atoms with Gasteiger partial charge in [-0.3, -0.25) is 0 Å². The molecule has 0 radical (unpaired) electrons. The van der Waals surface area contributed by atoms with Crippen molar-refractivity contribution in [2.75, 3.05) is 7.11 Å². The van der Waals surface area contributed by atoms with Crippen LogP contribution < -0.4 is 9.46 Å². The summed E-state index contributed by atoms with van der Waals surface area (Å²) in [6.45, 7) is 7.48. The molecule has 0 spiro atoms. The van der Waals surface area contributed by atoms with Crippen molar-refractivity contribution in [3.63, 3.8) is 0 Å². The molecule has 1 unspecified atom stereocenters. The lowest BCUT2D eigenvalue weighted by Gasteiger charge is -2.28. The molecule has 6 nitrogen and oxygen atoms in total. The van der Waals surface area contributed by atoms with Gasteiger partial charge >= 0.3 is 5.97 Å². The molecule has 1 aromatic carbocycles. The fourth-order valence-corrected chi connectivity index (χ4v) is 3.14. The molecule has 1 atom stereocenters. The Labute approximate surface area is 125 Å². The van der Waals surface area contributed by atoms with Crippen molar-refractivity contribution < 1.29 is 23.1 Å². The molecule has 0 bridgehead atoms. The molecule has 118 valence electrons. The molecule has 0 aromatic heterocycles. The van der Waals surface area contributed by atoms with Gasteiger partial charge in [-0.2, -0.15) is 0 Å². The zero-order chi connectivity index (χ0) is 16.4. The van der Waals surface area contributed by atoms with Gasteiger partial charge in [-0.05, 0) is 30.5 Å². The van der Waals surface area contributed by atoms with E-state index in [4.69, 9.17) is 9.84 Å². The molecule has 0 saturated heterocycles. The van der Waals surface area contributed by atoms with E-state index in [0.717, 1.165) is 6.07 Å². The van der Waals surface area contributed by atoms with E-state index in [1.165, 1.54) is 19.2 Å². The first-order valence-corrected chi connectivity index (χ1v) is 7.91. The lowest BCUT2D eigenvalue weighted by atomic mass is 9.89. The molecule has 21 heavy (non-hydrogen) atoms. The molecule has 7 heteroatoms. The van der Waals surface area contributed by atoms with Crippen molar-refractivity contribution in [2.45, 2.75) is 38.6 Å². The average Bonchev–Trinajstić information content (AvgIpc) is 2.36. The van der Waals surface area contributed by atoms with Gasteiger partial charge in [0.2, 0.25) is 10.0 Å². The van der Waals surface area contributed by atoms with E-state index in [9.17, 15) is 13.2 Å². The summed E-state index contributed by atoms with van der Waals surface area (Å²) in [7, 11) is -2.54. The van der Waals surface area contributed by atoms with Crippen LogP contribution in [0.3, 0.4) is 0 Å². The first-order chi connectivity index (χ1) is 9.49. The fourth-order valence-electron chi connectivity index (χ4n) is 1.49. The predicted molar refractivity (Wildman–Crippen MR) is 79.2 cm³/mol. The highest BCUT2D eigenvalue weighted by Crippen LogP contribution is 2.27. The Kier molecular flexibility index (Phi) is 5.01. The van der Waals surface area contributed by atoms with E-state index in [1.807, 2.05) is 20.8 Å². The maximum absolute atomic E-state index is 12.5. The van der Waals surface area contributed by atoms with Gasteiger partial charge in [-0.1, -0.05) is 20.8 Å². The second kappa shape index (κ2) is 6.03. The third-order valence-electron chi connectivity index (χ3n) is 3.33. The summed E-state index contributed by atoms with van der Waals surface area (Å²) in [5.74, 6) is -1.09. The maximum atomic E-state index is 12.5. The summed E-state index contributed by atoms with van der Waals surface area (Å²) >= 11 is 0. The molecule has 0 heterocycles. The zero-order valence-corrected chi connectivity index (χ0v) is 13.6. The summed E-state index contributed by atoms with van der Waals surface area (Å²) in [5.41, 5.74) is -0.385. The maximum Gasteiger partial charge on any atom is 0.335 e. The van der Waals surface area contributed by atoms with E-state index in [0.29, 0.717) is 0 Å². The van der Waals surface area contributed by atoms with Gasteiger partial charge < -0.3 is 9.84 Å². The van der Waals surface area contributed by atoms with Gasteiger partial charge in [0, 0.05) is 6.04 Å². The van der Waals surface area contributed by atoms with Gasteiger partial charge in [-0.25, -0.2) is 17.9 Å². The van der Waals surface area contributed by atoms with Gasteiger partial charge in [0.25, 0.3) is 0 Å². The topological polar surface area (TPSA) is 92.7 Å². The Bertz CT molecular complexity index is 631. The minimum absolute atomic E-state index is 0.105. The standard InChI is InChI=1S/C14H21NO5S/c1-9(14(2,3)4)15-21(18,19)12-8-10(13(16)17)6-7-11(12)20-5/h6-9,15H,1-5H3,(H,16,17). The van der Waals surface area contributed by atoms with Gasteiger partial charge in [0.15, 0.2) is 0 Å². The first kappa shape index (κ1) is 17.5. The third kappa shape index (κ3) is 4.18. The van der Waals surface area contributed by atoms with E-state index in [-0.39, 0.29) is 27.7 Å². The monoisotopic (exact) mass is 315 g/mol. The molecule has 0 amide bonds.